The lowest BCUT2D eigenvalue weighted by Gasteiger charge is -2.62. The summed E-state index contributed by atoms with van der Waals surface area (Å²) in [5.74, 6) is 0.260. The predicted octanol–water partition coefficient (Wildman–Crippen LogP) is 16.5. The maximum absolute atomic E-state index is 18.2. The topological polar surface area (TPSA) is 185 Å². The first kappa shape index (κ1) is 67.7. The number of carbonyl (C=O) groups excluding carboxylic acids is 1. The van der Waals surface area contributed by atoms with E-state index in [0.29, 0.717) is 53.7 Å². The van der Waals surface area contributed by atoms with Gasteiger partial charge >= 0.3 is 0 Å². The van der Waals surface area contributed by atoms with Crippen molar-refractivity contribution in [3.05, 3.63) is 188 Å². The summed E-state index contributed by atoms with van der Waals surface area (Å²) in [5, 5.41) is 83.1. The maximum atomic E-state index is 18.2. The number of aromatic amines is 1. The van der Waals surface area contributed by atoms with Crippen molar-refractivity contribution in [1.29, 1.82) is 0 Å². The third kappa shape index (κ3) is 12.3. The number of methoxy groups -OCH3 is 1. The van der Waals surface area contributed by atoms with Crippen LogP contribution in [-0.2, 0) is 54.3 Å². The predicted molar refractivity (Wildman–Crippen MR) is 394 cm³/mol. The normalized spacial score (nSPS) is 30.0. The molecule has 96 heavy (non-hydrogen) atoms. The Bertz CT molecular complexity index is 3980. The van der Waals surface area contributed by atoms with Crippen LogP contribution in [0.1, 0.15) is 169 Å². The molecule has 4 fully saturated rings. The number of nitrogens with one attached hydrogen (secondary N) is 2. The van der Waals surface area contributed by atoms with Crippen LogP contribution in [0.2, 0.25) is 0 Å². The van der Waals surface area contributed by atoms with Crippen LogP contribution < -0.4 is 14.8 Å². The van der Waals surface area contributed by atoms with Gasteiger partial charge in [-0.25, -0.2) is 0 Å². The summed E-state index contributed by atoms with van der Waals surface area (Å²) in [6.45, 7) is 7.37. The molecule has 13 atom stereocenters. The fourth-order valence-electron chi connectivity index (χ4n) is 19.1. The highest BCUT2D eigenvalue weighted by atomic mass is 33.1. The number of piperidine rings is 1. The molecule has 8 N–H and O–H groups in total. The van der Waals surface area contributed by atoms with Crippen molar-refractivity contribution >= 4 is 65.8 Å². The van der Waals surface area contributed by atoms with Crippen LogP contribution in [0, 0.1) is 40.9 Å². The van der Waals surface area contributed by atoms with Crippen LogP contribution >= 0.6 is 43.2 Å². The molecule has 0 unspecified atom stereocenters. The van der Waals surface area contributed by atoms with Gasteiger partial charge in [-0.2, -0.15) is 0 Å². The van der Waals surface area contributed by atoms with Crippen molar-refractivity contribution in [2.75, 3.05) is 37.5 Å². The molecular weight excluding hydrogens is 1270 g/mol. The van der Waals surface area contributed by atoms with Crippen LogP contribution in [0.15, 0.2) is 122 Å². The van der Waals surface area contributed by atoms with Gasteiger partial charge in [-0.05, 0) is 217 Å². The first-order valence-electron chi connectivity index (χ1n) is 35.6. The van der Waals surface area contributed by atoms with Crippen molar-refractivity contribution in [3.63, 3.8) is 0 Å². The molecule has 4 aliphatic carbocycles. The van der Waals surface area contributed by atoms with Crippen molar-refractivity contribution < 1.29 is 44.9 Å². The number of H-pyrrole nitrogens is 1. The van der Waals surface area contributed by atoms with Crippen LogP contribution in [-0.4, -0.2) is 97.2 Å². The third-order valence-corrected chi connectivity index (χ3v) is 29.3. The minimum atomic E-state index is -1.79. The van der Waals surface area contributed by atoms with Crippen molar-refractivity contribution in [2.24, 2.45) is 40.9 Å². The molecule has 0 spiro atoms. The number of benzene rings is 6. The summed E-state index contributed by atoms with van der Waals surface area (Å²) in [4.78, 5) is 21.4. The second-order valence-corrected chi connectivity index (χ2v) is 34.7. The zero-order valence-electron chi connectivity index (χ0n) is 56.1. The quantitative estimate of drug-likeness (QED) is 0.0541. The number of rotatable bonds is 12. The summed E-state index contributed by atoms with van der Waals surface area (Å²) in [6, 6.07) is 35.1. The number of Topliss-reactive ketones (excluding diaryl/α,β-unsaturated/α-hetero) is 1. The van der Waals surface area contributed by atoms with Gasteiger partial charge in [0.15, 0.2) is 28.8 Å². The number of aliphatic hydroxyl groups excluding tert-OH is 3. The lowest BCUT2D eigenvalue weighted by Crippen LogP contribution is -2.65. The number of hydrogen-bond acceptors (Lipinski definition) is 14. The van der Waals surface area contributed by atoms with Gasteiger partial charge < -0.3 is 50.4 Å². The highest BCUT2D eigenvalue weighted by Gasteiger charge is 2.64. The largest absolute Gasteiger partial charge is 0.507 e. The van der Waals surface area contributed by atoms with Gasteiger partial charge in [0.2, 0.25) is 0 Å². The molecular formula is C81H96N2O9S4. The smallest absolute Gasteiger partial charge is 0.164 e. The van der Waals surface area contributed by atoms with Gasteiger partial charge in [0.25, 0.3) is 0 Å². The standard InChI is InChI=1S/C81H96N2O9S4/c1-5-52-21-22-53-15-9-17-62-72(44-84)96-95-46-58-39-73(88)81(66-47-94-93-45-56-14-6-7-18-70(56)92-71-38-55(66)24-25-67(71)85,78(90)75(58)76(89)57(35-51-28-33-82-43-51)37-54-23-26-68(86)77(91-4)64(54)42-63(52)74(53)62)60-40-65-61(69(87)41-60)27-31-79-29-11-32-83-80(65,79)30-10-16-59(79)36-50-13-8-12-49(34-50)20-19-48(2)3/h8-9,12-13,15,17,21-28,31,33-34,38,40-41,43,48,56-59,66,70,72-73,75-76,82-89H,5-7,10-11,14,16,18-20,29-30,32,35-37,39,42,44-47H2,1-4H3/t56-,57-,58+,59-,66+,70+,72+,73-,75-,76+,79+,80-,81-/m1/s1. The zero-order chi connectivity index (χ0) is 66.5. The lowest BCUT2D eigenvalue weighted by atomic mass is 9.47. The van der Waals surface area contributed by atoms with Crippen molar-refractivity contribution in [3.8, 4) is 28.7 Å². The molecule has 1 aromatic heterocycles. The Morgan fingerprint density at radius 3 is 2.43 bits per heavy atom. The molecule has 1 saturated heterocycles. The highest BCUT2D eigenvalue weighted by molar-refractivity contribution is 8.77. The fourth-order valence-corrected chi connectivity index (χ4v) is 24.9. The molecule has 7 aromatic rings. The number of carbonyl (C=O) groups is 1. The molecule has 2 bridgehead atoms. The average molecular weight is 1370 g/mol. The van der Waals surface area contributed by atoms with Gasteiger partial charge in [-0.15, -0.1) is 0 Å². The van der Waals surface area contributed by atoms with Crippen LogP contribution in [0.25, 0.3) is 16.8 Å². The van der Waals surface area contributed by atoms with E-state index in [0.717, 1.165) is 157 Å². The molecule has 0 radical (unpaired) electrons. The second-order valence-electron chi connectivity index (χ2n) is 29.5. The molecule has 3 saturated carbocycles. The van der Waals surface area contributed by atoms with E-state index in [1.54, 1.807) is 68.5 Å². The Kier molecular flexibility index (Phi) is 20.2. The van der Waals surface area contributed by atoms with Crippen LogP contribution in [0.3, 0.4) is 0 Å². The first-order valence-corrected chi connectivity index (χ1v) is 40.5. The monoisotopic (exact) mass is 1370 g/mol. The Hall–Kier alpha value is -5.49. The van der Waals surface area contributed by atoms with Gasteiger partial charge in [0, 0.05) is 70.4 Å². The summed E-state index contributed by atoms with van der Waals surface area (Å²) >= 11 is 0. The van der Waals surface area contributed by atoms with E-state index in [4.69, 9.17) is 9.47 Å². The van der Waals surface area contributed by atoms with Gasteiger partial charge in [0.1, 0.15) is 11.9 Å². The van der Waals surface area contributed by atoms with E-state index in [1.165, 1.54) is 11.1 Å². The molecule has 14 rings (SSSR count). The Labute approximate surface area is 583 Å². The number of aryl methyl sites for hydroxylation is 2. The number of phenols is 3. The summed E-state index contributed by atoms with van der Waals surface area (Å²) in [6.07, 6.45) is 19.6. The molecule has 11 nitrogen and oxygen atoms in total. The number of aromatic hydroxyl groups is 3. The first-order chi connectivity index (χ1) is 46.7. The minimum absolute atomic E-state index is 0.00550. The summed E-state index contributed by atoms with van der Waals surface area (Å²) < 4.78 is 13.2. The van der Waals surface area contributed by atoms with Gasteiger partial charge in [-0.3, -0.25) is 4.79 Å². The molecule has 0 amide bonds. The summed E-state index contributed by atoms with van der Waals surface area (Å²) in [5.41, 5.74) is 8.78. The average Bonchev–Trinajstić information content (AvgIpc) is 0.748. The number of hydrogen-bond donors (Lipinski definition) is 8. The maximum Gasteiger partial charge on any atom is 0.164 e. The van der Waals surface area contributed by atoms with E-state index < -0.39 is 52.1 Å². The van der Waals surface area contributed by atoms with E-state index in [9.17, 15) is 30.6 Å². The van der Waals surface area contributed by atoms with E-state index >= 15 is 4.79 Å². The molecule has 508 valence electrons. The van der Waals surface area contributed by atoms with Gasteiger partial charge in [-0.1, -0.05) is 162 Å². The molecule has 4 heterocycles. The van der Waals surface area contributed by atoms with Crippen molar-refractivity contribution in [1.82, 2.24) is 10.3 Å². The third-order valence-electron chi connectivity index (χ3n) is 23.9. The number of fused-ring (bicyclic) bond motifs is 6. The van der Waals surface area contributed by atoms with E-state index in [2.05, 4.69) is 104 Å². The van der Waals surface area contributed by atoms with Gasteiger partial charge in [0.05, 0.1) is 42.1 Å². The van der Waals surface area contributed by atoms with Crippen molar-refractivity contribution in [2.45, 2.75) is 170 Å². The number of aliphatic hydroxyl groups is 3. The number of ketones is 1. The Morgan fingerprint density at radius 1 is 0.781 bits per heavy atom. The second kappa shape index (κ2) is 28.6. The number of phenolic OH excluding ortho intramolecular Hbond substituents is 3. The molecule has 7 aliphatic rings. The van der Waals surface area contributed by atoms with Crippen LogP contribution in [0.4, 0.5) is 0 Å². The SMILES string of the molecule is CCc1ccc2cccc3c2c1Cc1c(ccc(O)c1OC)C[C@@H](Cc1cc[nH]c1)[C@H](O)[C@@H]1C(=O)[C@](c2cc(O)c4c(c2)[C@]25CCC[C@H](Cc6cccc(CCC(C)C)c6)[C@@]2(C=C4)CCCN5)([C@H]2CSSC[C@H]4CCCC[C@@H]4Oc4cc2ccc4O)[C@H](O)C[C@H]1CSS[C@H]3CO. The summed E-state index contributed by atoms with van der Waals surface area (Å²) in [7, 11) is 8.25. The van der Waals surface area contributed by atoms with E-state index in [1.807, 2.05) is 36.7 Å². The lowest BCUT2D eigenvalue weighted by molar-refractivity contribution is -0.150. The molecule has 6 aromatic carbocycles. The highest BCUT2D eigenvalue weighted by Crippen LogP contribution is 2.65. The fraction of sp³-hybridized carbons (Fsp3) is 0.494. The Morgan fingerprint density at radius 2 is 1.60 bits per heavy atom. The minimum Gasteiger partial charge on any atom is -0.507 e. The number of ether oxygens (including phenoxy) is 2. The zero-order valence-corrected chi connectivity index (χ0v) is 59.3. The van der Waals surface area contributed by atoms with Crippen LogP contribution in [0.5, 0.6) is 28.7 Å². The number of aromatic nitrogens is 1. The molecule has 15 heteroatoms. The van der Waals surface area contributed by atoms with E-state index in [-0.39, 0.29) is 59.4 Å². The Balaban J connectivity index is 0.964. The molecule has 3 aliphatic heterocycles.